The molecule has 0 amide bonds. The number of hydrogen-bond acceptors (Lipinski definition) is 4. The minimum atomic E-state index is -0.281. The normalized spacial score (nSPS) is 17.7. The van der Waals surface area contributed by atoms with E-state index in [4.69, 9.17) is 4.99 Å². The van der Waals surface area contributed by atoms with Crippen molar-refractivity contribution < 1.29 is 4.39 Å². The maximum Gasteiger partial charge on any atom is 0.271 e. The van der Waals surface area contributed by atoms with Gasteiger partial charge < -0.3 is 0 Å². The molecule has 0 radical (unpaired) electrons. The van der Waals surface area contributed by atoms with Gasteiger partial charge in [0.1, 0.15) is 5.82 Å². The van der Waals surface area contributed by atoms with Gasteiger partial charge in [-0.2, -0.15) is 0 Å². The molecule has 3 heterocycles. The number of benzene rings is 2. The Balaban J connectivity index is 1.65. The van der Waals surface area contributed by atoms with E-state index >= 15 is 0 Å². The first-order chi connectivity index (χ1) is 15.2. The highest BCUT2D eigenvalue weighted by Crippen LogP contribution is 2.41. The van der Waals surface area contributed by atoms with Gasteiger partial charge in [-0.1, -0.05) is 53.8 Å². The standard InChI is InChI=1S/C25H17FN2OS2/c26-17-10-7-16(8-11-17)23-20-12-9-15-4-1-2-6-19(15)22(20)27-25-28(23)24(29)21(31-25)14-18-5-3-13-30-18/h1-8,10-11,13-14,23H,9,12H2/b21-14+/t23-/m1/s1. The Hall–Kier alpha value is -3.09. The third-order valence-corrected chi connectivity index (χ3v) is 7.68. The summed E-state index contributed by atoms with van der Waals surface area (Å²) in [5, 5.41) is 2.00. The molecule has 2 aromatic heterocycles. The predicted octanol–water partition coefficient (Wildman–Crippen LogP) is 4.52. The van der Waals surface area contributed by atoms with Crippen molar-refractivity contribution >= 4 is 34.4 Å². The molecule has 31 heavy (non-hydrogen) atoms. The van der Waals surface area contributed by atoms with Gasteiger partial charge in [0.2, 0.25) is 0 Å². The van der Waals surface area contributed by atoms with E-state index in [9.17, 15) is 9.18 Å². The molecule has 2 aromatic carbocycles. The van der Waals surface area contributed by atoms with Crippen LogP contribution < -0.4 is 14.9 Å². The summed E-state index contributed by atoms with van der Waals surface area (Å²) in [4.78, 5) is 20.2. The molecule has 2 aliphatic rings. The highest BCUT2D eigenvalue weighted by atomic mass is 32.1. The summed E-state index contributed by atoms with van der Waals surface area (Å²) < 4.78 is 16.1. The predicted molar refractivity (Wildman–Crippen MR) is 123 cm³/mol. The van der Waals surface area contributed by atoms with Crippen LogP contribution >= 0.6 is 22.7 Å². The van der Waals surface area contributed by atoms with Crippen LogP contribution in [0.15, 0.2) is 81.4 Å². The van der Waals surface area contributed by atoms with Crippen molar-refractivity contribution in [2.45, 2.75) is 18.9 Å². The van der Waals surface area contributed by atoms with Gasteiger partial charge in [0.15, 0.2) is 4.80 Å². The molecule has 152 valence electrons. The molecule has 0 saturated heterocycles. The number of aryl methyl sites for hydroxylation is 1. The summed E-state index contributed by atoms with van der Waals surface area (Å²) in [6.07, 6.45) is 3.67. The van der Waals surface area contributed by atoms with Gasteiger partial charge in [-0.05, 0) is 59.2 Å². The van der Waals surface area contributed by atoms with E-state index in [0.717, 1.165) is 40.1 Å². The van der Waals surface area contributed by atoms with Crippen molar-refractivity contribution in [2.24, 2.45) is 4.99 Å². The van der Waals surface area contributed by atoms with Gasteiger partial charge in [-0.15, -0.1) is 11.3 Å². The van der Waals surface area contributed by atoms with Crippen LogP contribution in [0.25, 0.3) is 11.8 Å². The van der Waals surface area contributed by atoms with E-state index < -0.39 is 0 Å². The third kappa shape index (κ3) is 3.06. The smallest absolute Gasteiger partial charge is 0.271 e. The lowest BCUT2D eigenvalue weighted by Crippen LogP contribution is -2.38. The van der Waals surface area contributed by atoms with Crippen molar-refractivity contribution in [1.29, 1.82) is 0 Å². The molecule has 0 bridgehead atoms. The summed E-state index contributed by atoms with van der Waals surface area (Å²) in [6, 6.07) is 18.5. The molecule has 1 atom stereocenters. The average molecular weight is 445 g/mol. The fraction of sp³-hybridized carbons (Fsp3) is 0.120. The largest absolute Gasteiger partial charge is 0.272 e. The van der Waals surface area contributed by atoms with E-state index in [1.165, 1.54) is 29.0 Å². The van der Waals surface area contributed by atoms with Crippen LogP contribution in [0.1, 0.15) is 34.0 Å². The van der Waals surface area contributed by atoms with Crippen LogP contribution in [-0.4, -0.2) is 4.57 Å². The Morgan fingerprint density at radius 2 is 1.87 bits per heavy atom. The molecule has 0 N–H and O–H groups in total. The highest BCUT2D eigenvalue weighted by Gasteiger charge is 2.32. The van der Waals surface area contributed by atoms with E-state index in [-0.39, 0.29) is 17.4 Å². The first-order valence-corrected chi connectivity index (χ1v) is 11.8. The number of thiophene rings is 1. The number of allylic oxidation sites excluding steroid dienone is 1. The van der Waals surface area contributed by atoms with Crippen molar-refractivity contribution in [3.63, 3.8) is 0 Å². The van der Waals surface area contributed by atoms with Gasteiger partial charge in [0.05, 0.1) is 16.3 Å². The summed E-state index contributed by atoms with van der Waals surface area (Å²) in [6.45, 7) is 0. The summed E-state index contributed by atoms with van der Waals surface area (Å²) in [5.74, 6) is -0.281. The van der Waals surface area contributed by atoms with Crippen LogP contribution in [-0.2, 0) is 6.42 Å². The number of thiazole rings is 1. The molecule has 0 saturated carbocycles. The zero-order valence-electron chi connectivity index (χ0n) is 16.4. The minimum absolute atomic E-state index is 0.0446. The quantitative estimate of drug-likeness (QED) is 0.448. The molecular formula is C25H17FN2OS2. The fourth-order valence-corrected chi connectivity index (χ4v) is 6.19. The Bertz CT molecular complexity index is 1510. The number of halogens is 1. The second kappa shape index (κ2) is 7.25. The SMILES string of the molecule is O=c1/c(=C\c2cccs2)sc2n1[C@H](c1ccc(F)cc1)C1=C(N=2)c2ccccc2CC1. The lowest BCUT2D eigenvalue weighted by Gasteiger charge is -2.30. The van der Waals surface area contributed by atoms with Crippen molar-refractivity contribution in [3.8, 4) is 0 Å². The molecule has 6 heteroatoms. The molecule has 0 fully saturated rings. The van der Waals surface area contributed by atoms with Gasteiger partial charge in [-0.3, -0.25) is 9.36 Å². The molecule has 1 aliphatic carbocycles. The average Bonchev–Trinajstić information content (AvgIpc) is 3.41. The van der Waals surface area contributed by atoms with Crippen molar-refractivity contribution in [1.82, 2.24) is 4.57 Å². The first kappa shape index (κ1) is 18.7. The Kier molecular flexibility index (Phi) is 4.37. The van der Waals surface area contributed by atoms with E-state index in [1.54, 1.807) is 28.0 Å². The molecule has 1 aliphatic heterocycles. The fourth-order valence-electron chi connectivity index (χ4n) is 4.47. The number of fused-ring (bicyclic) bond motifs is 3. The lowest BCUT2D eigenvalue weighted by atomic mass is 9.83. The van der Waals surface area contributed by atoms with Crippen molar-refractivity contribution in [2.75, 3.05) is 0 Å². The number of rotatable bonds is 2. The monoisotopic (exact) mass is 444 g/mol. The topological polar surface area (TPSA) is 34.4 Å². The molecule has 0 unspecified atom stereocenters. The van der Waals surface area contributed by atoms with E-state index in [2.05, 4.69) is 18.2 Å². The Labute approximate surface area is 185 Å². The van der Waals surface area contributed by atoms with Gasteiger partial charge in [0, 0.05) is 10.4 Å². The summed E-state index contributed by atoms with van der Waals surface area (Å²) >= 11 is 3.02. The zero-order chi connectivity index (χ0) is 20.9. The molecule has 3 nitrogen and oxygen atoms in total. The zero-order valence-corrected chi connectivity index (χ0v) is 18.0. The number of nitrogens with zero attached hydrogens (tertiary/aromatic N) is 2. The number of aromatic nitrogens is 1. The van der Waals surface area contributed by atoms with E-state index in [1.807, 2.05) is 29.7 Å². The van der Waals surface area contributed by atoms with Crippen LogP contribution in [0, 0.1) is 5.82 Å². The number of hydrogen-bond donors (Lipinski definition) is 0. The minimum Gasteiger partial charge on any atom is -0.272 e. The maximum atomic E-state index is 13.7. The second-order valence-electron chi connectivity index (χ2n) is 7.68. The van der Waals surface area contributed by atoms with Crippen molar-refractivity contribution in [3.05, 3.63) is 119 Å². The third-order valence-electron chi connectivity index (χ3n) is 5.88. The van der Waals surface area contributed by atoms with Gasteiger partial charge in [0.25, 0.3) is 5.56 Å². The lowest BCUT2D eigenvalue weighted by molar-refractivity contribution is 0.581. The van der Waals surface area contributed by atoms with Gasteiger partial charge in [-0.25, -0.2) is 9.38 Å². The highest BCUT2D eigenvalue weighted by molar-refractivity contribution is 7.11. The van der Waals surface area contributed by atoms with E-state index in [0.29, 0.717) is 9.33 Å². The molecule has 6 rings (SSSR count). The van der Waals surface area contributed by atoms with Gasteiger partial charge >= 0.3 is 0 Å². The Morgan fingerprint density at radius 3 is 2.68 bits per heavy atom. The molecule has 0 spiro atoms. The molecular weight excluding hydrogens is 427 g/mol. The van der Waals surface area contributed by atoms with Crippen LogP contribution in [0.2, 0.25) is 0 Å². The summed E-state index contributed by atoms with van der Waals surface area (Å²) in [7, 11) is 0. The first-order valence-electron chi connectivity index (χ1n) is 10.1. The van der Waals surface area contributed by atoms with Crippen LogP contribution in [0.4, 0.5) is 4.39 Å². The Morgan fingerprint density at radius 1 is 1.03 bits per heavy atom. The van der Waals surface area contributed by atoms with Crippen LogP contribution in [0.3, 0.4) is 0 Å². The molecule has 4 aromatic rings. The maximum absolute atomic E-state index is 13.7. The summed E-state index contributed by atoms with van der Waals surface area (Å²) in [5.41, 5.74) is 5.36. The van der Waals surface area contributed by atoms with Crippen LogP contribution in [0.5, 0.6) is 0 Å². The second-order valence-corrected chi connectivity index (χ2v) is 9.67.